The predicted octanol–water partition coefficient (Wildman–Crippen LogP) is 5.00. The summed E-state index contributed by atoms with van der Waals surface area (Å²) in [5.41, 5.74) is 0.599. The predicted molar refractivity (Wildman–Crippen MR) is 154 cm³/mol. The van der Waals surface area contributed by atoms with Crippen molar-refractivity contribution in [3.8, 4) is 29.9 Å². The van der Waals surface area contributed by atoms with Gasteiger partial charge in [-0.2, -0.15) is 0 Å². The molecule has 0 spiro atoms. The third-order valence-electron chi connectivity index (χ3n) is 6.73. The van der Waals surface area contributed by atoms with Crippen molar-refractivity contribution < 1.29 is 32.9 Å². The third kappa shape index (κ3) is 6.09. The maximum Gasteiger partial charge on any atom is 0.251 e. The van der Waals surface area contributed by atoms with Crippen LogP contribution in [0.4, 0.5) is 8.78 Å². The second kappa shape index (κ2) is 12.2. The summed E-state index contributed by atoms with van der Waals surface area (Å²) in [6.07, 6.45) is 9.72. The van der Waals surface area contributed by atoms with E-state index in [1.807, 2.05) is 13.0 Å². The fourth-order valence-electron chi connectivity index (χ4n) is 4.68. The number of nitrogens with zero attached hydrogens (tertiary/aromatic N) is 2. The Morgan fingerprint density at radius 1 is 1.12 bits per heavy atom. The number of hydrogen-bond donors (Lipinski definition) is 2. The highest BCUT2D eigenvalue weighted by Gasteiger charge is 2.42. The van der Waals surface area contributed by atoms with Crippen molar-refractivity contribution in [2.75, 3.05) is 26.9 Å². The van der Waals surface area contributed by atoms with Crippen molar-refractivity contribution in [1.82, 2.24) is 15.3 Å². The number of benzene rings is 2. The smallest absolute Gasteiger partial charge is 0.251 e. The summed E-state index contributed by atoms with van der Waals surface area (Å²) in [6.45, 7) is 5.03. The number of fused-ring (bicyclic) bond motifs is 1. The summed E-state index contributed by atoms with van der Waals surface area (Å²) < 4.78 is 46.6. The van der Waals surface area contributed by atoms with Gasteiger partial charge in [0.15, 0.2) is 5.82 Å². The van der Waals surface area contributed by atoms with Gasteiger partial charge in [-0.05, 0) is 74.9 Å². The van der Waals surface area contributed by atoms with Crippen LogP contribution in [0, 0.1) is 31.4 Å². The highest BCUT2D eigenvalue weighted by molar-refractivity contribution is 6.00. The first-order valence-electron chi connectivity index (χ1n) is 13.0. The number of aromatic nitrogens is 2. The number of halogens is 2. The maximum absolute atomic E-state index is 15.6. The van der Waals surface area contributed by atoms with Crippen molar-refractivity contribution >= 4 is 16.8 Å². The van der Waals surface area contributed by atoms with Gasteiger partial charge in [0.2, 0.25) is 5.79 Å². The Bertz CT molecular complexity index is 1630. The molecule has 5 rings (SSSR count). The number of terminal acetylenes is 1. The normalized spacial score (nSPS) is 14.2. The Balaban J connectivity index is 0.00000198. The lowest BCUT2D eigenvalue weighted by Gasteiger charge is -2.30. The van der Waals surface area contributed by atoms with E-state index < -0.39 is 28.9 Å². The Hall–Kier alpha value is -4.43. The van der Waals surface area contributed by atoms with Crippen LogP contribution in [-0.4, -0.2) is 47.8 Å². The maximum atomic E-state index is 15.6. The zero-order chi connectivity index (χ0) is 30.7. The van der Waals surface area contributed by atoms with Gasteiger partial charge < -0.3 is 24.6 Å². The monoisotopic (exact) mass is 575 g/mol. The van der Waals surface area contributed by atoms with Crippen molar-refractivity contribution in [2.45, 2.75) is 32.2 Å². The van der Waals surface area contributed by atoms with Gasteiger partial charge in [-0.25, -0.2) is 13.8 Å². The third-order valence-corrected chi connectivity index (χ3v) is 6.73. The van der Waals surface area contributed by atoms with E-state index in [4.69, 9.17) is 14.2 Å². The topological polar surface area (TPSA) is 103 Å². The minimum absolute atomic E-state index is 0.0521. The molecule has 1 aliphatic heterocycles. The van der Waals surface area contributed by atoms with Crippen LogP contribution in [0.15, 0.2) is 54.7 Å². The molecule has 3 heterocycles. The summed E-state index contributed by atoms with van der Waals surface area (Å²) in [6, 6.07) is 11.8. The molecule has 42 heavy (non-hydrogen) atoms. The molecule has 8 nitrogen and oxygen atoms in total. The fraction of sp³-hybridized carbons (Fsp3) is 0.281. The van der Waals surface area contributed by atoms with E-state index in [1.54, 1.807) is 18.3 Å². The molecule has 2 N–H and O–H groups in total. The minimum atomic E-state index is -1.59. The number of pyridine rings is 2. The second-order valence-electron chi connectivity index (χ2n) is 10.2. The summed E-state index contributed by atoms with van der Waals surface area (Å²) >= 11 is 0. The first-order chi connectivity index (χ1) is 20.0. The van der Waals surface area contributed by atoms with Crippen LogP contribution in [0.25, 0.3) is 22.2 Å². The molecule has 0 saturated carbocycles. The molecule has 0 aliphatic carbocycles. The Morgan fingerprint density at radius 3 is 2.40 bits per heavy atom. The number of amides is 1. The zero-order valence-electron chi connectivity index (χ0n) is 23.7. The van der Waals surface area contributed by atoms with Crippen molar-refractivity contribution in [3.63, 3.8) is 0 Å². The molecule has 1 fully saturated rings. The number of hydrogen-bond acceptors (Lipinski definition) is 7. The summed E-state index contributed by atoms with van der Waals surface area (Å²) in [5.74, 6) is -2.78. The van der Waals surface area contributed by atoms with E-state index in [2.05, 4.69) is 28.1 Å². The molecule has 2 aromatic carbocycles. The lowest BCUT2D eigenvalue weighted by atomic mass is 9.93. The number of aliphatic hydroxyl groups is 1. The highest BCUT2D eigenvalue weighted by atomic mass is 19.1. The summed E-state index contributed by atoms with van der Waals surface area (Å²) in [5, 5.41) is 14.3. The van der Waals surface area contributed by atoms with Crippen molar-refractivity contribution in [2.24, 2.45) is 0 Å². The van der Waals surface area contributed by atoms with E-state index in [0.29, 0.717) is 22.4 Å². The molecule has 0 bridgehead atoms. The van der Waals surface area contributed by atoms with Gasteiger partial charge in [0.1, 0.15) is 28.5 Å². The van der Waals surface area contributed by atoms with Gasteiger partial charge in [0.05, 0.1) is 32.5 Å². The number of methoxy groups -OCH3 is 1. The lowest BCUT2D eigenvalue weighted by molar-refractivity contribution is -0.163. The molecular weight excluding hydrogens is 544 g/mol. The molecule has 10 heteroatoms. The van der Waals surface area contributed by atoms with Crippen molar-refractivity contribution in [1.29, 1.82) is 0 Å². The van der Waals surface area contributed by atoms with Crippen molar-refractivity contribution in [3.05, 3.63) is 88.7 Å². The quantitative estimate of drug-likeness (QED) is 0.299. The van der Waals surface area contributed by atoms with Gasteiger partial charge in [-0.3, -0.25) is 9.78 Å². The van der Waals surface area contributed by atoms with Crippen LogP contribution in [0.2, 0.25) is 0 Å². The van der Waals surface area contributed by atoms with Gasteiger partial charge >= 0.3 is 0 Å². The molecule has 0 atom stereocenters. The minimum Gasteiger partial charge on any atom is -0.494 e. The molecule has 1 saturated heterocycles. The lowest BCUT2D eigenvalue weighted by Crippen LogP contribution is -2.43. The van der Waals surface area contributed by atoms with Gasteiger partial charge in [-0.15, -0.1) is 12.8 Å². The highest BCUT2D eigenvalue weighted by Crippen LogP contribution is 2.37. The largest absolute Gasteiger partial charge is 0.494 e. The average Bonchev–Trinajstić information content (AvgIpc) is 3.46. The van der Waals surface area contributed by atoms with E-state index in [-0.39, 0.29) is 36.7 Å². The van der Waals surface area contributed by atoms with E-state index in [1.165, 1.54) is 51.3 Å². The Labute approximate surface area is 242 Å². The summed E-state index contributed by atoms with van der Waals surface area (Å²) in [7, 11) is 1.51. The molecule has 1 aliphatic rings. The van der Waals surface area contributed by atoms with Crippen LogP contribution in [0.1, 0.15) is 41.0 Å². The molecule has 218 valence electrons. The number of rotatable bonds is 7. The first kappa shape index (κ1) is 30.5. The van der Waals surface area contributed by atoms with Crippen LogP contribution in [0.3, 0.4) is 0 Å². The molecule has 0 unspecified atom stereocenters. The fourth-order valence-corrected chi connectivity index (χ4v) is 4.68. The van der Waals surface area contributed by atoms with Crippen LogP contribution >= 0.6 is 0 Å². The molecule has 4 aromatic rings. The molecular formula is C32H31F2N3O5. The molecule has 2 aromatic heterocycles. The van der Waals surface area contributed by atoms with Crippen LogP contribution in [0.5, 0.6) is 5.75 Å². The van der Waals surface area contributed by atoms with E-state index in [0.717, 1.165) is 10.9 Å². The van der Waals surface area contributed by atoms with Gasteiger partial charge in [0.25, 0.3) is 5.91 Å². The standard InChI is InChI=1S/C30H29F2N3O5.C2H2/c1-17-11-19-12-20(13-23(38-4)26(19)33-15-17)28(36)34-16-30(39-9-10-40-30)24-14-22(29(2,3)37)25(32)27(35-24)18-5-7-21(31)8-6-18;1-2/h5-8,11-15,37H,9-10,16H2,1-4H3,(H,34,36);1-2H. The first-order valence-corrected chi connectivity index (χ1v) is 13.0. The number of nitrogens with one attached hydrogen (secondary N) is 1. The number of carbonyl (C=O) groups excluding carboxylic acids is 1. The number of carbonyl (C=O) groups is 1. The number of ether oxygens (including phenoxy) is 3. The molecule has 1 amide bonds. The Morgan fingerprint density at radius 2 is 1.79 bits per heavy atom. The van der Waals surface area contributed by atoms with E-state index >= 15 is 4.39 Å². The summed E-state index contributed by atoms with van der Waals surface area (Å²) in [4.78, 5) is 22.2. The van der Waals surface area contributed by atoms with Crippen LogP contribution in [-0.2, 0) is 20.9 Å². The average molecular weight is 576 g/mol. The zero-order valence-corrected chi connectivity index (χ0v) is 23.7. The molecule has 0 radical (unpaired) electrons. The van der Waals surface area contributed by atoms with Gasteiger partial charge in [0, 0.05) is 28.3 Å². The van der Waals surface area contributed by atoms with Gasteiger partial charge in [-0.1, -0.05) is 0 Å². The second-order valence-corrected chi connectivity index (χ2v) is 10.2. The van der Waals surface area contributed by atoms with Crippen LogP contribution < -0.4 is 10.1 Å². The number of aryl methyl sites for hydroxylation is 1. The van der Waals surface area contributed by atoms with E-state index in [9.17, 15) is 14.3 Å². The Kier molecular flexibility index (Phi) is 8.87. The SMILES string of the molecule is C#C.COc1cc(C(=O)NCC2(c3cc(C(C)(C)O)c(F)c(-c4ccc(F)cc4)n3)OCCO2)cc2cc(C)cnc12.